The van der Waals surface area contributed by atoms with Crippen LogP contribution in [0.5, 0.6) is 0 Å². The molecule has 2 atom stereocenters. The topological polar surface area (TPSA) is 119 Å². The van der Waals surface area contributed by atoms with Gasteiger partial charge in [0, 0.05) is 26.2 Å². The summed E-state index contributed by atoms with van der Waals surface area (Å²) in [6.45, 7) is 11.4. The van der Waals surface area contributed by atoms with Crippen LogP contribution in [0.25, 0.3) is 0 Å². The Morgan fingerprint density at radius 3 is 2.00 bits per heavy atom. The van der Waals surface area contributed by atoms with Gasteiger partial charge in [0.1, 0.15) is 6.04 Å². The summed E-state index contributed by atoms with van der Waals surface area (Å²) in [6.07, 6.45) is 2.07. The van der Waals surface area contributed by atoms with Gasteiger partial charge in [-0.1, -0.05) is 30.3 Å². The number of nitrogens with zero attached hydrogens (tertiary/aromatic N) is 2. The average Bonchev–Trinajstić information content (AvgIpc) is 3.19. The Morgan fingerprint density at radius 1 is 0.854 bits per heavy atom. The summed E-state index contributed by atoms with van der Waals surface area (Å²) in [7, 11) is -0.676. The predicted molar refractivity (Wildman–Crippen MR) is 154 cm³/mol. The van der Waals surface area contributed by atoms with Gasteiger partial charge in [0.25, 0.3) is 0 Å². The molecular formula is C29H45BN4O7. The molecule has 1 aromatic rings. The van der Waals surface area contributed by atoms with Gasteiger partial charge in [-0.15, -0.1) is 0 Å². The first-order chi connectivity index (χ1) is 19.6. The summed E-state index contributed by atoms with van der Waals surface area (Å²) >= 11 is 0. The number of rotatable bonds is 10. The summed E-state index contributed by atoms with van der Waals surface area (Å²) in [5, 5.41) is 5.92. The number of urea groups is 1. The van der Waals surface area contributed by atoms with Crippen LogP contribution >= 0.6 is 0 Å². The molecular weight excluding hydrogens is 527 g/mol. The molecule has 1 unspecified atom stereocenters. The standard InChI is InChI=1S/C29H45BN4O7/c1-28(2)29(3,4)41-30(40-28)24(12-8-11-22-9-6-5-7-10-22)32-26(36)23(21-25(35)33-13-17-38-18-14-33)31-27(37)34-15-19-39-20-16-34/h5-7,9-10,23-24H,8,11-21H2,1-4H3,(H,31,37)(H,32,36)/t23?,24-/m0/s1. The molecule has 3 saturated heterocycles. The number of nitrogens with one attached hydrogen (secondary N) is 2. The lowest BCUT2D eigenvalue weighted by atomic mass is 9.75. The Labute approximate surface area is 243 Å². The van der Waals surface area contributed by atoms with Crippen LogP contribution in [0.3, 0.4) is 0 Å². The van der Waals surface area contributed by atoms with Gasteiger partial charge in [-0.25, -0.2) is 4.79 Å². The zero-order valence-corrected chi connectivity index (χ0v) is 24.9. The lowest BCUT2D eigenvalue weighted by molar-refractivity contribution is -0.138. The van der Waals surface area contributed by atoms with E-state index in [1.807, 2.05) is 45.9 Å². The van der Waals surface area contributed by atoms with E-state index in [-0.39, 0.29) is 18.4 Å². The maximum Gasteiger partial charge on any atom is 0.481 e. The molecule has 226 valence electrons. The largest absolute Gasteiger partial charge is 0.481 e. The van der Waals surface area contributed by atoms with Gasteiger partial charge in [0.05, 0.1) is 50.0 Å². The second-order valence-electron chi connectivity index (χ2n) is 11.9. The van der Waals surface area contributed by atoms with E-state index in [4.69, 9.17) is 18.8 Å². The summed E-state index contributed by atoms with van der Waals surface area (Å²) in [4.78, 5) is 43.4. The van der Waals surface area contributed by atoms with Crippen LogP contribution in [0.1, 0.15) is 52.5 Å². The Hall–Kier alpha value is -2.67. The third kappa shape index (κ3) is 8.44. The number of ether oxygens (including phenoxy) is 2. The van der Waals surface area contributed by atoms with Crippen molar-refractivity contribution >= 4 is 25.0 Å². The zero-order chi connectivity index (χ0) is 29.5. The molecule has 0 aliphatic carbocycles. The van der Waals surface area contributed by atoms with Crippen molar-refractivity contribution in [3.8, 4) is 0 Å². The molecule has 0 bridgehead atoms. The summed E-state index contributed by atoms with van der Waals surface area (Å²) in [5.41, 5.74) is 0.0605. The molecule has 11 nitrogen and oxygen atoms in total. The molecule has 0 radical (unpaired) electrons. The van der Waals surface area contributed by atoms with E-state index in [9.17, 15) is 14.4 Å². The Balaban J connectivity index is 1.48. The van der Waals surface area contributed by atoms with Gasteiger partial charge in [-0.05, 0) is 52.5 Å². The molecule has 2 N–H and O–H groups in total. The van der Waals surface area contributed by atoms with Gasteiger partial charge >= 0.3 is 13.1 Å². The SMILES string of the molecule is CC1(C)OB([C@H](CCCc2ccccc2)NC(=O)C(CC(=O)N2CCOCC2)NC(=O)N2CCOCC2)OC1(C)C. The Bertz CT molecular complexity index is 981. The number of morpholine rings is 2. The number of amides is 4. The maximum absolute atomic E-state index is 13.8. The fourth-order valence-electron chi connectivity index (χ4n) is 5.12. The monoisotopic (exact) mass is 572 g/mol. The first-order valence-electron chi connectivity index (χ1n) is 14.7. The molecule has 12 heteroatoms. The van der Waals surface area contributed by atoms with Gasteiger partial charge in [0.2, 0.25) is 11.8 Å². The number of carbonyl (C=O) groups is 3. The van der Waals surface area contributed by atoms with Crippen molar-refractivity contribution in [2.75, 3.05) is 52.6 Å². The minimum Gasteiger partial charge on any atom is -0.402 e. The molecule has 1 aromatic carbocycles. The molecule has 3 aliphatic rings. The van der Waals surface area contributed by atoms with E-state index >= 15 is 0 Å². The van der Waals surface area contributed by atoms with Gasteiger partial charge in [-0.2, -0.15) is 0 Å². The Kier molecular flexibility index (Phi) is 10.7. The first kappa shape index (κ1) is 31.3. The smallest absolute Gasteiger partial charge is 0.402 e. The van der Waals surface area contributed by atoms with E-state index in [1.54, 1.807) is 9.80 Å². The van der Waals surface area contributed by atoms with Crippen LogP contribution in [0, 0.1) is 0 Å². The second-order valence-corrected chi connectivity index (χ2v) is 11.9. The molecule has 3 heterocycles. The molecule has 0 aromatic heterocycles. The van der Waals surface area contributed by atoms with Crippen LogP contribution in [-0.2, 0) is 34.8 Å². The summed E-state index contributed by atoms with van der Waals surface area (Å²) < 4.78 is 23.4. The lowest BCUT2D eigenvalue weighted by Gasteiger charge is -2.32. The van der Waals surface area contributed by atoms with Gasteiger partial charge < -0.3 is 39.2 Å². The highest BCUT2D eigenvalue weighted by atomic mass is 16.7. The van der Waals surface area contributed by atoms with Crippen molar-refractivity contribution in [3.63, 3.8) is 0 Å². The maximum atomic E-state index is 13.8. The van der Waals surface area contributed by atoms with Crippen molar-refractivity contribution < 1.29 is 33.2 Å². The predicted octanol–water partition coefficient (Wildman–Crippen LogP) is 1.78. The molecule has 3 aliphatic heterocycles. The van der Waals surface area contributed by atoms with Crippen LogP contribution in [0.15, 0.2) is 30.3 Å². The normalized spacial score (nSPS) is 21.7. The highest BCUT2D eigenvalue weighted by Crippen LogP contribution is 2.38. The van der Waals surface area contributed by atoms with Crippen molar-refractivity contribution in [2.24, 2.45) is 0 Å². The zero-order valence-electron chi connectivity index (χ0n) is 24.9. The summed E-state index contributed by atoms with van der Waals surface area (Å²) in [5.74, 6) is -1.12. The first-order valence-corrected chi connectivity index (χ1v) is 14.7. The third-order valence-electron chi connectivity index (χ3n) is 8.41. The van der Waals surface area contributed by atoms with E-state index in [0.29, 0.717) is 59.0 Å². The minimum atomic E-state index is -1.06. The van der Waals surface area contributed by atoms with Gasteiger partial charge in [0.15, 0.2) is 0 Å². The van der Waals surface area contributed by atoms with E-state index in [0.717, 1.165) is 12.8 Å². The quantitative estimate of drug-likeness (QED) is 0.411. The summed E-state index contributed by atoms with van der Waals surface area (Å²) in [6, 6.07) is 8.72. The number of carbonyl (C=O) groups excluding carboxylic acids is 3. The second kappa shape index (κ2) is 14.0. The van der Waals surface area contributed by atoms with Crippen molar-refractivity contribution in [1.29, 1.82) is 0 Å². The number of hydrogen-bond donors (Lipinski definition) is 2. The number of benzene rings is 1. The van der Waals surface area contributed by atoms with E-state index < -0.39 is 36.2 Å². The third-order valence-corrected chi connectivity index (χ3v) is 8.41. The Morgan fingerprint density at radius 2 is 1.41 bits per heavy atom. The highest BCUT2D eigenvalue weighted by molar-refractivity contribution is 6.48. The molecule has 4 rings (SSSR count). The van der Waals surface area contributed by atoms with Crippen LogP contribution in [0.2, 0.25) is 0 Å². The highest BCUT2D eigenvalue weighted by Gasteiger charge is 2.54. The van der Waals surface area contributed by atoms with E-state index in [2.05, 4.69) is 22.8 Å². The molecule has 0 spiro atoms. The molecule has 0 saturated carbocycles. The average molecular weight is 573 g/mol. The number of aryl methyl sites for hydroxylation is 1. The minimum absolute atomic E-state index is 0.151. The molecule has 3 fully saturated rings. The van der Waals surface area contributed by atoms with Crippen LogP contribution in [0.4, 0.5) is 4.79 Å². The van der Waals surface area contributed by atoms with Crippen LogP contribution < -0.4 is 10.6 Å². The molecule has 4 amide bonds. The lowest BCUT2D eigenvalue weighted by Crippen LogP contribution is -2.58. The van der Waals surface area contributed by atoms with Crippen molar-refractivity contribution in [3.05, 3.63) is 35.9 Å². The van der Waals surface area contributed by atoms with E-state index in [1.165, 1.54) is 5.56 Å². The molecule has 41 heavy (non-hydrogen) atoms. The van der Waals surface area contributed by atoms with Gasteiger partial charge in [-0.3, -0.25) is 9.59 Å². The van der Waals surface area contributed by atoms with Crippen molar-refractivity contribution in [1.82, 2.24) is 20.4 Å². The van der Waals surface area contributed by atoms with Crippen LogP contribution in [-0.4, -0.2) is 111 Å². The fraction of sp³-hybridized carbons (Fsp3) is 0.690. The fourth-order valence-corrected chi connectivity index (χ4v) is 5.12. The van der Waals surface area contributed by atoms with Crippen molar-refractivity contribution in [2.45, 2.75) is 76.6 Å². The number of hydrogen-bond acceptors (Lipinski definition) is 7.